The predicted molar refractivity (Wildman–Crippen MR) is 76.1 cm³/mol. The highest BCUT2D eigenvalue weighted by Crippen LogP contribution is 2.19. The van der Waals surface area contributed by atoms with Crippen LogP contribution in [0.4, 0.5) is 4.39 Å². The standard InChI is InChI=1S/C14H20BrFN2/c1-2-18-7-3-4-13(18)10-17-9-11-5-6-12(16)8-14(11)15/h5-6,8,13,17H,2-4,7,9-10H2,1H3. The molecule has 0 radical (unpaired) electrons. The Morgan fingerprint density at radius 1 is 1.50 bits per heavy atom. The minimum atomic E-state index is -0.196. The number of hydrogen-bond acceptors (Lipinski definition) is 2. The topological polar surface area (TPSA) is 15.3 Å². The van der Waals surface area contributed by atoms with Gasteiger partial charge in [-0.1, -0.05) is 28.9 Å². The Morgan fingerprint density at radius 3 is 3.06 bits per heavy atom. The van der Waals surface area contributed by atoms with Gasteiger partial charge in [0, 0.05) is 23.6 Å². The molecule has 0 saturated carbocycles. The molecule has 100 valence electrons. The molecule has 1 aliphatic rings. The Bertz CT molecular complexity index is 397. The first kappa shape index (κ1) is 14.0. The molecule has 1 unspecified atom stereocenters. The Morgan fingerprint density at radius 2 is 2.33 bits per heavy atom. The fourth-order valence-electron chi connectivity index (χ4n) is 2.58. The molecule has 2 nitrogen and oxygen atoms in total. The van der Waals surface area contributed by atoms with Gasteiger partial charge in [-0.25, -0.2) is 4.39 Å². The summed E-state index contributed by atoms with van der Waals surface area (Å²) in [6.45, 7) is 6.37. The van der Waals surface area contributed by atoms with Crippen molar-refractivity contribution in [1.82, 2.24) is 10.2 Å². The fourth-order valence-corrected chi connectivity index (χ4v) is 3.07. The minimum absolute atomic E-state index is 0.196. The first-order chi connectivity index (χ1) is 8.70. The molecule has 2 rings (SSSR count). The first-order valence-electron chi connectivity index (χ1n) is 6.59. The van der Waals surface area contributed by atoms with E-state index >= 15 is 0 Å². The van der Waals surface area contributed by atoms with Crippen LogP contribution >= 0.6 is 15.9 Å². The van der Waals surface area contributed by atoms with Crippen molar-refractivity contribution in [1.29, 1.82) is 0 Å². The molecule has 1 aromatic rings. The molecule has 0 aliphatic carbocycles. The van der Waals surface area contributed by atoms with Crippen molar-refractivity contribution in [3.8, 4) is 0 Å². The molecule has 1 aromatic carbocycles. The average Bonchev–Trinajstić information content (AvgIpc) is 2.79. The molecule has 0 bridgehead atoms. The van der Waals surface area contributed by atoms with E-state index in [-0.39, 0.29) is 5.82 Å². The molecule has 1 aliphatic heterocycles. The molecule has 1 fully saturated rings. The molecular formula is C14H20BrFN2. The molecular weight excluding hydrogens is 295 g/mol. The number of likely N-dealkylation sites (tertiary alicyclic amines) is 1. The summed E-state index contributed by atoms with van der Waals surface area (Å²) in [5.41, 5.74) is 1.11. The van der Waals surface area contributed by atoms with Gasteiger partial charge in [0.2, 0.25) is 0 Å². The fraction of sp³-hybridized carbons (Fsp3) is 0.571. The van der Waals surface area contributed by atoms with Crippen LogP contribution in [0.15, 0.2) is 22.7 Å². The van der Waals surface area contributed by atoms with Gasteiger partial charge >= 0.3 is 0 Å². The van der Waals surface area contributed by atoms with Crippen molar-refractivity contribution in [2.45, 2.75) is 32.4 Å². The van der Waals surface area contributed by atoms with Crippen LogP contribution in [-0.2, 0) is 6.54 Å². The van der Waals surface area contributed by atoms with Gasteiger partial charge in [0.15, 0.2) is 0 Å². The van der Waals surface area contributed by atoms with E-state index in [2.05, 4.69) is 33.1 Å². The summed E-state index contributed by atoms with van der Waals surface area (Å²) in [5.74, 6) is -0.196. The molecule has 0 spiro atoms. The second-order valence-corrected chi connectivity index (χ2v) is 5.65. The van der Waals surface area contributed by atoms with Crippen LogP contribution < -0.4 is 5.32 Å². The van der Waals surface area contributed by atoms with E-state index in [1.54, 1.807) is 0 Å². The maximum absolute atomic E-state index is 13.0. The number of halogens is 2. The second kappa shape index (κ2) is 6.64. The lowest BCUT2D eigenvalue weighted by molar-refractivity contribution is 0.260. The van der Waals surface area contributed by atoms with Crippen LogP contribution in [0.5, 0.6) is 0 Å². The molecule has 18 heavy (non-hydrogen) atoms. The lowest BCUT2D eigenvalue weighted by Crippen LogP contribution is -2.37. The number of rotatable bonds is 5. The van der Waals surface area contributed by atoms with Gasteiger partial charge in [-0.2, -0.15) is 0 Å². The third-order valence-corrected chi connectivity index (χ3v) is 4.35. The van der Waals surface area contributed by atoms with Gasteiger partial charge in [-0.05, 0) is 43.6 Å². The molecule has 1 saturated heterocycles. The maximum Gasteiger partial charge on any atom is 0.124 e. The Hall–Kier alpha value is -0.450. The number of benzene rings is 1. The van der Waals surface area contributed by atoms with Crippen molar-refractivity contribution >= 4 is 15.9 Å². The lowest BCUT2D eigenvalue weighted by atomic mass is 10.2. The first-order valence-corrected chi connectivity index (χ1v) is 7.38. The van der Waals surface area contributed by atoms with Gasteiger partial charge in [0.05, 0.1) is 0 Å². The molecule has 4 heteroatoms. The number of likely N-dealkylation sites (N-methyl/N-ethyl adjacent to an activating group) is 1. The molecule has 0 aromatic heterocycles. The summed E-state index contributed by atoms with van der Waals surface area (Å²) >= 11 is 3.40. The summed E-state index contributed by atoms with van der Waals surface area (Å²) in [7, 11) is 0. The van der Waals surface area contributed by atoms with E-state index in [9.17, 15) is 4.39 Å². The third-order valence-electron chi connectivity index (χ3n) is 3.62. The SMILES string of the molecule is CCN1CCCC1CNCc1ccc(F)cc1Br. The predicted octanol–water partition coefficient (Wildman–Crippen LogP) is 3.16. The lowest BCUT2D eigenvalue weighted by Gasteiger charge is -2.23. The Kier molecular flexibility index (Phi) is 5.15. The molecule has 1 N–H and O–H groups in total. The quantitative estimate of drug-likeness (QED) is 0.898. The zero-order valence-corrected chi connectivity index (χ0v) is 12.3. The summed E-state index contributed by atoms with van der Waals surface area (Å²) in [4.78, 5) is 2.52. The minimum Gasteiger partial charge on any atom is -0.311 e. The molecule has 1 atom stereocenters. The van der Waals surface area contributed by atoms with Crippen LogP contribution in [-0.4, -0.2) is 30.6 Å². The van der Waals surface area contributed by atoms with Crippen molar-refractivity contribution in [2.75, 3.05) is 19.6 Å². The highest BCUT2D eigenvalue weighted by Gasteiger charge is 2.22. The van der Waals surface area contributed by atoms with Crippen molar-refractivity contribution in [3.05, 3.63) is 34.1 Å². The molecule has 1 heterocycles. The second-order valence-electron chi connectivity index (χ2n) is 4.79. The number of hydrogen-bond donors (Lipinski definition) is 1. The van der Waals surface area contributed by atoms with Crippen molar-refractivity contribution in [2.24, 2.45) is 0 Å². The zero-order chi connectivity index (χ0) is 13.0. The van der Waals surface area contributed by atoms with Crippen molar-refractivity contribution < 1.29 is 4.39 Å². The maximum atomic E-state index is 13.0. The van der Waals surface area contributed by atoms with Gasteiger partial charge < -0.3 is 5.32 Å². The van der Waals surface area contributed by atoms with E-state index in [0.717, 1.165) is 29.7 Å². The Labute approximate surface area is 117 Å². The van der Waals surface area contributed by atoms with Crippen LogP contribution in [0.3, 0.4) is 0 Å². The average molecular weight is 315 g/mol. The summed E-state index contributed by atoms with van der Waals surface area (Å²) < 4.78 is 13.8. The largest absolute Gasteiger partial charge is 0.311 e. The van der Waals surface area contributed by atoms with E-state index < -0.39 is 0 Å². The van der Waals surface area contributed by atoms with E-state index in [1.807, 2.05) is 6.07 Å². The van der Waals surface area contributed by atoms with Gasteiger partial charge in [0.25, 0.3) is 0 Å². The summed E-state index contributed by atoms with van der Waals surface area (Å²) in [6, 6.07) is 5.52. The molecule has 0 amide bonds. The van der Waals surface area contributed by atoms with Crippen LogP contribution in [0.2, 0.25) is 0 Å². The highest BCUT2D eigenvalue weighted by molar-refractivity contribution is 9.10. The summed E-state index contributed by atoms with van der Waals surface area (Å²) in [6.07, 6.45) is 2.59. The normalized spacial score (nSPS) is 20.5. The van der Waals surface area contributed by atoms with Crippen LogP contribution in [0.25, 0.3) is 0 Å². The number of nitrogens with zero attached hydrogens (tertiary/aromatic N) is 1. The number of nitrogens with one attached hydrogen (secondary N) is 1. The zero-order valence-electron chi connectivity index (χ0n) is 10.8. The van der Waals surface area contributed by atoms with Crippen LogP contribution in [0.1, 0.15) is 25.3 Å². The van der Waals surface area contributed by atoms with E-state index in [0.29, 0.717) is 6.04 Å². The van der Waals surface area contributed by atoms with Gasteiger partial charge in [-0.15, -0.1) is 0 Å². The highest BCUT2D eigenvalue weighted by atomic mass is 79.9. The van der Waals surface area contributed by atoms with Crippen molar-refractivity contribution in [3.63, 3.8) is 0 Å². The Balaban J connectivity index is 1.81. The van der Waals surface area contributed by atoms with E-state index in [4.69, 9.17) is 0 Å². The smallest absolute Gasteiger partial charge is 0.124 e. The summed E-state index contributed by atoms with van der Waals surface area (Å²) in [5, 5.41) is 3.47. The van der Waals surface area contributed by atoms with Gasteiger partial charge in [-0.3, -0.25) is 4.90 Å². The van der Waals surface area contributed by atoms with Crippen LogP contribution in [0, 0.1) is 5.82 Å². The van der Waals surface area contributed by atoms with Gasteiger partial charge in [0.1, 0.15) is 5.82 Å². The third kappa shape index (κ3) is 3.53. The van der Waals surface area contributed by atoms with E-state index in [1.165, 1.54) is 31.5 Å². The monoisotopic (exact) mass is 314 g/mol.